The zero-order valence-corrected chi connectivity index (χ0v) is 10.5. The average molecular weight is 236 g/mol. The molecule has 0 aromatic heterocycles. The maximum Gasteiger partial charge on any atom is 0.305 e. The van der Waals surface area contributed by atoms with Gasteiger partial charge in [0.25, 0.3) is 0 Å². The van der Waals surface area contributed by atoms with Gasteiger partial charge in [0.15, 0.2) is 0 Å². The molecule has 94 valence electrons. The first kappa shape index (κ1) is 13.4. The molecule has 0 fully saturated rings. The Labute approximate surface area is 102 Å². The van der Waals surface area contributed by atoms with Gasteiger partial charge in [-0.25, -0.2) is 0 Å². The van der Waals surface area contributed by atoms with Crippen LogP contribution in [0.25, 0.3) is 0 Å². The van der Waals surface area contributed by atoms with Crippen molar-refractivity contribution < 1.29 is 9.53 Å². The van der Waals surface area contributed by atoms with E-state index >= 15 is 0 Å². The van der Waals surface area contributed by atoms with Crippen LogP contribution in [0.5, 0.6) is 0 Å². The monoisotopic (exact) mass is 236 g/mol. The van der Waals surface area contributed by atoms with Crippen LogP contribution >= 0.6 is 0 Å². The van der Waals surface area contributed by atoms with Crippen molar-refractivity contribution in [3.05, 3.63) is 23.8 Å². The molecule has 0 bridgehead atoms. The topological polar surface area (TPSA) is 64.3 Å². The normalized spacial score (nSPS) is 10.0. The first-order valence-electron chi connectivity index (χ1n) is 5.89. The smallest absolute Gasteiger partial charge is 0.305 e. The van der Waals surface area contributed by atoms with Crippen LogP contribution in [0.4, 0.5) is 11.4 Å². The number of nitrogens with one attached hydrogen (secondary N) is 1. The Balaban J connectivity index is 2.26. The maximum absolute atomic E-state index is 11.1. The number of esters is 1. The quantitative estimate of drug-likeness (QED) is 0.452. The zero-order chi connectivity index (χ0) is 12.7. The van der Waals surface area contributed by atoms with Crippen molar-refractivity contribution in [1.29, 1.82) is 0 Å². The molecule has 1 aromatic rings. The second-order valence-corrected chi connectivity index (χ2v) is 3.91. The molecule has 3 N–H and O–H groups in total. The molecule has 4 nitrogen and oxygen atoms in total. The highest BCUT2D eigenvalue weighted by Crippen LogP contribution is 2.16. The van der Waals surface area contributed by atoms with Crippen LogP contribution < -0.4 is 11.1 Å². The van der Waals surface area contributed by atoms with Crippen molar-refractivity contribution in [3.8, 4) is 0 Å². The van der Waals surface area contributed by atoms with Gasteiger partial charge in [-0.3, -0.25) is 4.79 Å². The number of nitrogen functional groups attached to an aromatic ring is 1. The lowest BCUT2D eigenvalue weighted by atomic mass is 10.2. The fourth-order valence-electron chi connectivity index (χ4n) is 1.45. The molecule has 0 saturated carbocycles. The van der Waals surface area contributed by atoms with Crippen LogP contribution in [0.1, 0.15) is 25.3 Å². The molecule has 0 aliphatic heterocycles. The van der Waals surface area contributed by atoms with Crippen LogP contribution in [0.3, 0.4) is 0 Å². The fourth-order valence-corrected chi connectivity index (χ4v) is 1.45. The van der Waals surface area contributed by atoms with Crippen LogP contribution in [-0.2, 0) is 9.53 Å². The number of nitrogens with two attached hydrogens (primary N) is 1. The van der Waals surface area contributed by atoms with Crippen LogP contribution in [0.2, 0.25) is 0 Å². The molecule has 17 heavy (non-hydrogen) atoms. The van der Waals surface area contributed by atoms with E-state index in [4.69, 9.17) is 10.5 Å². The summed E-state index contributed by atoms with van der Waals surface area (Å²) >= 11 is 0. The average Bonchev–Trinajstić information content (AvgIpc) is 2.29. The molecule has 0 atom stereocenters. The summed E-state index contributed by atoms with van der Waals surface area (Å²) in [4.78, 5) is 11.1. The Hall–Kier alpha value is -1.71. The van der Waals surface area contributed by atoms with E-state index < -0.39 is 0 Å². The molecule has 0 amide bonds. The van der Waals surface area contributed by atoms with Gasteiger partial charge in [-0.2, -0.15) is 0 Å². The minimum atomic E-state index is -0.141. The first-order valence-corrected chi connectivity index (χ1v) is 5.89. The summed E-state index contributed by atoms with van der Waals surface area (Å²) in [6, 6.07) is 5.86. The van der Waals surface area contributed by atoms with Gasteiger partial charge in [0.2, 0.25) is 0 Å². The Bertz CT molecular complexity index is 378. The summed E-state index contributed by atoms with van der Waals surface area (Å²) in [5.74, 6) is -0.141. The molecular formula is C13H20N2O2. The summed E-state index contributed by atoms with van der Waals surface area (Å²) in [6.07, 6.45) is 1.20. The third-order valence-corrected chi connectivity index (χ3v) is 2.47. The van der Waals surface area contributed by atoms with Crippen molar-refractivity contribution in [2.24, 2.45) is 0 Å². The number of ether oxygens (including phenoxy) is 1. The van der Waals surface area contributed by atoms with Gasteiger partial charge in [0.1, 0.15) is 0 Å². The third-order valence-electron chi connectivity index (χ3n) is 2.47. The van der Waals surface area contributed by atoms with Gasteiger partial charge in [-0.1, -0.05) is 6.07 Å². The van der Waals surface area contributed by atoms with Gasteiger partial charge in [-0.05, 0) is 38.0 Å². The number of hydrogen-bond acceptors (Lipinski definition) is 4. The lowest BCUT2D eigenvalue weighted by Crippen LogP contribution is -2.08. The molecule has 0 spiro atoms. The van der Waals surface area contributed by atoms with Gasteiger partial charge >= 0.3 is 5.97 Å². The van der Waals surface area contributed by atoms with E-state index in [-0.39, 0.29) is 5.97 Å². The summed E-state index contributed by atoms with van der Waals surface area (Å²) in [5, 5.41) is 3.22. The number of rotatable bonds is 6. The third kappa shape index (κ3) is 4.76. The second-order valence-electron chi connectivity index (χ2n) is 3.91. The number of anilines is 2. The molecule has 0 aliphatic rings. The fraction of sp³-hybridized carbons (Fsp3) is 0.462. The summed E-state index contributed by atoms with van der Waals surface area (Å²) < 4.78 is 4.84. The van der Waals surface area contributed by atoms with Crippen molar-refractivity contribution in [2.75, 3.05) is 24.2 Å². The summed E-state index contributed by atoms with van der Waals surface area (Å²) in [5.41, 5.74) is 8.63. The molecule has 1 rings (SSSR count). The minimum absolute atomic E-state index is 0.141. The van der Waals surface area contributed by atoms with Crippen LogP contribution in [-0.4, -0.2) is 19.1 Å². The molecule has 0 unspecified atom stereocenters. The molecular weight excluding hydrogens is 216 g/mol. The molecule has 0 heterocycles. The SMILES string of the molecule is CCOC(=O)CCCNc1ccc(C)c(N)c1. The number of hydrogen-bond donors (Lipinski definition) is 2. The van der Waals surface area contributed by atoms with Crippen molar-refractivity contribution in [3.63, 3.8) is 0 Å². The summed E-state index contributed by atoms with van der Waals surface area (Å²) in [7, 11) is 0. The maximum atomic E-state index is 11.1. The highest BCUT2D eigenvalue weighted by molar-refractivity contribution is 5.69. The van der Waals surface area contributed by atoms with E-state index in [9.17, 15) is 4.79 Å². The molecule has 0 saturated heterocycles. The Kier molecular flexibility index (Phi) is 5.33. The largest absolute Gasteiger partial charge is 0.466 e. The van der Waals surface area contributed by atoms with E-state index in [1.807, 2.05) is 32.0 Å². The highest BCUT2D eigenvalue weighted by atomic mass is 16.5. The van der Waals surface area contributed by atoms with Crippen LogP contribution in [0.15, 0.2) is 18.2 Å². The standard InChI is InChI=1S/C13H20N2O2/c1-3-17-13(16)5-4-8-15-11-7-6-10(2)12(14)9-11/h6-7,9,15H,3-5,8,14H2,1-2H3. The lowest BCUT2D eigenvalue weighted by Gasteiger charge is -2.08. The minimum Gasteiger partial charge on any atom is -0.466 e. The van der Waals surface area contributed by atoms with Gasteiger partial charge < -0.3 is 15.8 Å². The molecule has 0 aliphatic carbocycles. The summed E-state index contributed by atoms with van der Waals surface area (Å²) in [6.45, 7) is 4.97. The Morgan fingerprint density at radius 2 is 2.24 bits per heavy atom. The number of carbonyl (C=O) groups is 1. The Morgan fingerprint density at radius 3 is 2.88 bits per heavy atom. The van der Waals surface area contributed by atoms with Crippen molar-refractivity contribution in [2.45, 2.75) is 26.7 Å². The van der Waals surface area contributed by atoms with E-state index in [0.29, 0.717) is 13.0 Å². The molecule has 4 heteroatoms. The van der Waals surface area contributed by atoms with E-state index in [2.05, 4.69) is 5.32 Å². The van der Waals surface area contributed by atoms with Gasteiger partial charge in [-0.15, -0.1) is 0 Å². The Morgan fingerprint density at radius 1 is 1.47 bits per heavy atom. The van der Waals surface area contributed by atoms with E-state index in [1.165, 1.54) is 0 Å². The number of carbonyl (C=O) groups excluding carboxylic acids is 1. The first-order chi connectivity index (χ1) is 8.13. The number of benzene rings is 1. The van der Waals surface area contributed by atoms with Crippen molar-refractivity contribution >= 4 is 17.3 Å². The predicted octanol–water partition coefficient (Wildman–Crippen LogP) is 2.33. The zero-order valence-electron chi connectivity index (χ0n) is 10.5. The highest BCUT2D eigenvalue weighted by Gasteiger charge is 2.01. The van der Waals surface area contributed by atoms with Crippen LogP contribution in [0, 0.1) is 6.92 Å². The van der Waals surface area contributed by atoms with Gasteiger partial charge in [0.05, 0.1) is 6.61 Å². The van der Waals surface area contributed by atoms with Crippen molar-refractivity contribution in [1.82, 2.24) is 0 Å². The van der Waals surface area contributed by atoms with Gasteiger partial charge in [0, 0.05) is 24.3 Å². The van der Waals surface area contributed by atoms with E-state index in [1.54, 1.807) is 0 Å². The number of aryl methyl sites for hydroxylation is 1. The lowest BCUT2D eigenvalue weighted by molar-refractivity contribution is -0.143. The predicted molar refractivity (Wildman–Crippen MR) is 69.9 cm³/mol. The molecule has 0 radical (unpaired) electrons. The molecule has 1 aromatic carbocycles. The second kappa shape index (κ2) is 6.78. The van der Waals surface area contributed by atoms with E-state index in [0.717, 1.165) is 29.9 Å².